The van der Waals surface area contributed by atoms with Crippen molar-refractivity contribution >= 4 is 0 Å². The zero-order valence-electron chi connectivity index (χ0n) is 11.0. The quantitative estimate of drug-likeness (QED) is 0.489. The number of fused-ring (bicyclic) bond motifs is 5. The smallest absolute Gasteiger partial charge is 0.0196 e. The van der Waals surface area contributed by atoms with Crippen LogP contribution in [0.3, 0.4) is 0 Å². The van der Waals surface area contributed by atoms with Crippen molar-refractivity contribution in [2.45, 2.75) is 59.8 Å². The Morgan fingerprint density at radius 1 is 0.733 bits per heavy atom. The van der Waals surface area contributed by atoms with E-state index in [0.29, 0.717) is 0 Å². The van der Waals surface area contributed by atoms with Gasteiger partial charge >= 0.3 is 0 Å². The highest BCUT2D eigenvalue weighted by molar-refractivity contribution is 5.13. The van der Waals surface area contributed by atoms with Crippen molar-refractivity contribution in [3.05, 3.63) is 12.2 Å². The van der Waals surface area contributed by atoms with Gasteiger partial charge in [0.25, 0.3) is 0 Å². The van der Waals surface area contributed by atoms with Crippen LogP contribution in [0, 0.1) is 23.7 Å². The molecule has 0 aromatic rings. The van der Waals surface area contributed by atoms with Gasteiger partial charge in [-0.3, -0.25) is 0 Å². The Bertz CT molecular complexity index is 172. The third-order valence-electron chi connectivity index (χ3n) is 4.12. The van der Waals surface area contributed by atoms with Gasteiger partial charge in [0.15, 0.2) is 0 Å². The van der Waals surface area contributed by atoms with E-state index in [1.165, 1.54) is 32.1 Å². The third-order valence-corrected chi connectivity index (χ3v) is 4.12. The van der Waals surface area contributed by atoms with E-state index >= 15 is 0 Å². The molecule has 0 amide bonds. The first-order valence-electron chi connectivity index (χ1n) is 7.13. The highest BCUT2D eigenvalue weighted by Crippen LogP contribution is 2.53. The molecule has 0 N–H and O–H groups in total. The lowest BCUT2D eigenvalue weighted by Gasteiger charge is -2.32. The zero-order chi connectivity index (χ0) is 11.3. The minimum absolute atomic E-state index is 1.00. The Kier molecular flexibility index (Phi) is 5.42. The van der Waals surface area contributed by atoms with Gasteiger partial charge < -0.3 is 0 Å². The van der Waals surface area contributed by atoms with Gasteiger partial charge in [0.1, 0.15) is 0 Å². The summed E-state index contributed by atoms with van der Waals surface area (Å²) in [4.78, 5) is 0. The van der Waals surface area contributed by atoms with Gasteiger partial charge in [0, 0.05) is 0 Å². The number of allylic oxidation sites excluding steroid dienone is 2. The molecule has 3 aliphatic rings. The highest BCUT2D eigenvalue weighted by Gasteiger charge is 2.44. The summed E-state index contributed by atoms with van der Waals surface area (Å²) in [6, 6.07) is 0. The minimum Gasteiger partial charge on any atom is -0.0848 e. The molecule has 88 valence electrons. The largest absolute Gasteiger partial charge is 0.0848 e. The number of hydrogen-bond acceptors (Lipinski definition) is 0. The summed E-state index contributed by atoms with van der Waals surface area (Å²) in [5.41, 5.74) is 0. The molecule has 0 aromatic carbocycles. The highest BCUT2D eigenvalue weighted by atomic mass is 14.5. The Morgan fingerprint density at radius 2 is 1.13 bits per heavy atom. The van der Waals surface area contributed by atoms with Crippen molar-refractivity contribution < 1.29 is 0 Å². The van der Waals surface area contributed by atoms with Gasteiger partial charge in [-0.15, -0.1) is 0 Å². The summed E-state index contributed by atoms with van der Waals surface area (Å²) < 4.78 is 0. The van der Waals surface area contributed by atoms with E-state index in [4.69, 9.17) is 0 Å². The zero-order valence-corrected chi connectivity index (χ0v) is 11.0. The van der Waals surface area contributed by atoms with E-state index in [0.717, 1.165) is 23.7 Å². The molecular formula is C15H28. The molecule has 0 aromatic heterocycles. The van der Waals surface area contributed by atoms with Gasteiger partial charge in [-0.05, 0) is 42.9 Å². The van der Waals surface area contributed by atoms with E-state index < -0.39 is 0 Å². The van der Waals surface area contributed by atoms with Crippen molar-refractivity contribution in [2.75, 3.05) is 0 Å². The van der Waals surface area contributed by atoms with E-state index in [-0.39, 0.29) is 0 Å². The maximum Gasteiger partial charge on any atom is -0.0196 e. The molecule has 0 nitrogen and oxygen atoms in total. The van der Waals surface area contributed by atoms with Crippen LogP contribution in [0.15, 0.2) is 12.2 Å². The lowest BCUT2D eigenvalue weighted by molar-refractivity contribution is 0.221. The van der Waals surface area contributed by atoms with E-state index in [9.17, 15) is 0 Å². The Balaban J connectivity index is 0.000000255. The predicted octanol–water partition coefficient (Wildman–Crippen LogP) is 5.05. The first kappa shape index (κ1) is 12.8. The second-order valence-corrected chi connectivity index (χ2v) is 4.56. The topological polar surface area (TPSA) is 0 Å². The van der Waals surface area contributed by atoms with Crippen LogP contribution in [-0.4, -0.2) is 0 Å². The molecule has 2 saturated carbocycles. The molecule has 3 aliphatic carbocycles. The average Bonchev–Trinajstić information content (AvgIpc) is 2.96. The summed E-state index contributed by atoms with van der Waals surface area (Å²) in [6.45, 7) is 8.00. The molecule has 0 heteroatoms. The summed E-state index contributed by atoms with van der Waals surface area (Å²) in [5.74, 6) is 4.23. The van der Waals surface area contributed by atoms with E-state index in [1.54, 1.807) is 0 Å². The average molecular weight is 208 g/mol. The molecule has 0 saturated heterocycles. The first-order chi connectivity index (χ1) is 7.45. The lowest BCUT2D eigenvalue weighted by Crippen LogP contribution is -2.22. The van der Waals surface area contributed by atoms with Gasteiger partial charge in [-0.25, -0.2) is 0 Å². The number of rotatable bonds is 0. The number of hydrogen-bond donors (Lipinski definition) is 0. The molecule has 0 radical (unpaired) electrons. The van der Waals surface area contributed by atoms with Crippen LogP contribution in [0.4, 0.5) is 0 Å². The molecule has 2 bridgehead atoms. The van der Waals surface area contributed by atoms with Crippen molar-refractivity contribution in [1.82, 2.24) is 0 Å². The summed E-state index contributed by atoms with van der Waals surface area (Å²) in [7, 11) is 0. The van der Waals surface area contributed by atoms with Crippen molar-refractivity contribution in [2.24, 2.45) is 23.7 Å². The fourth-order valence-electron chi connectivity index (χ4n) is 3.64. The summed E-state index contributed by atoms with van der Waals surface area (Å²) in [6.07, 6.45) is 12.6. The van der Waals surface area contributed by atoms with Crippen LogP contribution in [0.1, 0.15) is 59.8 Å². The molecule has 0 spiro atoms. The van der Waals surface area contributed by atoms with Gasteiger partial charge in [-0.2, -0.15) is 0 Å². The van der Waals surface area contributed by atoms with Crippen LogP contribution in [0.2, 0.25) is 0 Å². The van der Waals surface area contributed by atoms with Crippen LogP contribution in [-0.2, 0) is 0 Å². The maximum atomic E-state index is 2.50. The summed E-state index contributed by atoms with van der Waals surface area (Å²) >= 11 is 0. The maximum absolute atomic E-state index is 2.50. The Labute approximate surface area is 96.2 Å². The van der Waals surface area contributed by atoms with Crippen LogP contribution in [0.5, 0.6) is 0 Å². The molecule has 15 heavy (non-hydrogen) atoms. The molecule has 2 fully saturated rings. The predicted molar refractivity (Wildman–Crippen MR) is 68.9 cm³/mol. The lowest BCUT2D eigenvalue weighted by atomic mass is 9.73. The molecule has 0 aliphatic heterocycles. The van der Waals surface area contributed by atoms with Crippen molar-refractivity contribution in [3.63, 3.8) is 0 Å². The fraction of sp³-hybridized carbons (Fsp3) is 0.867. The summed E-state index contributed by atoms with van der Waals surface area (Å²) in [5, 5.41) is 0. The molecule has 3 rings (SSSR count). The Hall–Kier alpha value is -0.260. The van der Waals surface area contributed by atoms with Crippen molar-refractivity contribution in [3.8, 4) is 0 Å². The minimum atomic E-state index is 1.00. The van der Waals surface area contributed by atoms with Crippen LogP contribution < -0.4 is 0 Å². The molecule has 0 heterocycles. The Morgan fingerprint density at radius 3 is 1.53 bits per heavy atom. The molecular weight excluding hydrogens is 180 g/mol. The molecule has 4 unspecified atom stereocenters. The van der Waals surface area contributed by atoms with E-state index in [2.05, 4.69) is 12.2 Å². The van der Waals surface area contributed by atoms with Gasteiger partial charge in [-0.1, -0.05) is 52.7 Å². The second kappa shape index (κ2) is 6.35. The van der Waals surface area contributed by atoms with Gasteiger partial charge in [0.05, 0.1) is 0 Å². The molecule has 4 atom stereocenters. The second-order valence-electron chi connectivity index (χ2n) is 4.56. The normalized spacial score (nSPS) is 39.7. The van der Waals surface area contributed by atoms with Crippen LogP contribution >= 0.6 is 0 Å². The van der Waals surface area contributed by atoms with E-state index in [1.807, 2.05) is 27.7 Å². The van der Waals surface area contributed by atoms with Crippen molar-refractivity contribution in [1.29, 1.82) is 0 Å². The van der Waals surface area contributed by atoms with Crippen LogP contribution in [0.25, 0.3) is 0 Å². The monoisotopic (exact) mass is 208 g/mol. The third kappa shape index (κ3) is 2.46. The SMILES string of the molecule is C1=CC2CC1C1CCCCC21.CC.CC. The van der Waals surface area contributed by atoms with Gasteiger partial charge in [0.2, 0.25) is 0 Å². The standard InChI is InChI=1S/C11H16.2C2H6/c1-2-4-11-9-6-5-8(7-9)10(11)3-1;2*1-2/h5-6,8-11H,1-4,7H2;2*1-2H3. The fourth-order valence-corrected chi connectivity index (χ4v) is 3.64. The first-order valence-corrected chi connectivity index (χ1v) is 7.13.